The molecule has 4 fully saturated rings. The van der Waals surface area contributed by atoms with E-state index in [0.29, 0.717) is 48.3 Å². The summed E-state index contributed by atoms with van der Waals surface area (Å²) in [5.41, 5.74) is -2.97. The van der Waals surface area contributed by atoms with Crippen LogP contribution in [0.4, 0.5) is 9.59 Å². The van der Waals surface area contributed by atoms with E-state index in [2.05, 4.69) is 30.7 Å². The molecule has 2 aromatic rings. The van der Waals surface area contributed by atoms with Crippen LogP contribution in [0, 0.1) is 25.7 Å². The van der Waals surface area contributed by atoms with Crippen molar-refractivity contribution in [2.24, 2.45) is 11.8 Å². The Bertz CT molecular complexity index is 2700. The molecule has 2 saturated heterocycles. The summed E-state index contributed by atoms with van der Waals surface area (Å²) in [4.78, 5) is 119. The Balaban J connectivity index is 1.09. The Morgan fingerprint density at radius 2 is 0.940 bits per heavy atom. The first-order valence-corrected chi connectivity index (χ1v) is 31.4. The lowest BCUT2D eigenvalue weighted by Gasteiger charge is -2.30. The summed E-state index contributed by atoms with van der Waals surface area (Å²) < 4.78 is 50.4. The molecule has 83 heavy (non-hydrogen) atoms. The van der Waals surface area contributed by atoms with Crippen LogP contribution in [0.15, 0.2) is 82.6 Å². The van der Waals surface area contributed by atoms with Gasteiger partial charge in [0, 0.05) is 37.8 Å². The highest BCUT2D eigenvalue weighted by atomic mass is 32.2. The number of fused-ring (bicyclic) bond motifs is 4. The minimum atomic E-state index is -1.97. The van der Waals surface area contributed by atoms with Crippen molar-refractivity contribution in [1.82, 2.24) is 40.5 Å². The molecule has 8 amide bonds. The molecule has 21 nitrogen and oxygen atoms in total. The number of amides is 8. The summed E-state index contributed by atoms with van der Waals surface area (Å²) in [5.74, 6) is -4.82. The number of aryl methyl sites for hydroxylation is 2. The summed E-state index contributed by atoms with van der Waals surface area (Å²) in [6.45, 7) is 13.6. The third kappa shape index (κ3) is 16.1. The molecule has 0 bridgehead atoms. The Labute approximate surface area is 491 Å². The average molecular weight is 1190 g/mol. The Morgan fingerprint density at radius 3 is 1.30 bits per heavy atom. The fourth-order valence-corrected chi connectivity index (χ4v) is 13.0. The topological polar surface area (TPSA) is 277 Å². The van der Waals surface area contributed by atoms with E-state index in [1.807, 2.05) is 38.2 Å². The molecule has 4 aliphatic heterocycles. The van der Waals surface area contributed by atoms with Gasteiger partial charge < -0.3 is 45.3 Å². The molecule has 2 aliphatic carbocycles. The van der Waals surface area contributed by atoms with Crippen molar-refractivity contribution < 1.29 is 61.0 Å². The Morgan fingerprint density at radius 1 is 0.566 bits per heavy atom. The predicted octanol–water partition coefficient (Wildman–Crippen LogP) is 5.81. The van der Waals surface area contributed by atoms with Crippen LogP contribution < -0.4 is 30.7 Å². The van der Waals surface area contributed by atoms with Gasteiger partial charge in [0.25, 0.3) is 11.8 Å². The first-order valence-electron chi connectivity index (χ1n) is 29.1. The van der Waals surface area contributed by atoms with Crippen LogP contribution >= 0.6 is 0 Å². The second-order valence-electron chi connectivity index (χ2n) is 25.0. The molecule has 2 aromatic carbocycles. The molecule has 0 radical (unpaired) electrons. The number of benzene rings is 2. The zero-order chi connectivity index (χ0) is 60.0. The predicted molar refractivity (Wildman–Crippen MR) is 309 cm³/mol. The molecular formula is C60H82N8O13S2. The fourth-order valence-electron chi connectivity index (χ4n) is 11.3. The van der Waals surface area contributed by atoms with Crippen molar-refractivity contribution in [1.29, 1.82) is 0 Å². The van der Waals surface area contributed by atoms with Crippen molar-refractivity contribution in [3.05, 3.63) is 84.0 Å². The summed E-state index contributed by atoms with van der Waals surface area (Å²) in [6.07, 6.45) is 10.0. The second-order valence-corrected chi connectivity index (χ2v) is 27.4. The van der Waals surface area contributed by atoms with Gasteiger partial charge in [-0.15, -0.1) is 0 Å². The zero-order valence-corrected chi connectivity index (χ0v) is 50.5. The van der Waals surface area contributed by atoms with E-state index in [-0.39, 0.29) is 51.6 Å². The number of carbonyl (C=O) groups excluding carboxylic acids is 8. The molecule has 0 spiro atoms. The van der Waals surface area contributed by atoms with Crippen LogP contribution in [0.1, 0.15) is 143 Å². The maximum atomic E-state index is 15.1. The standard InChI is InChI=1S/C60H82N8O13S2/c1-37-23-27-43(28-24-37)82(77)65-53(73)59-33-39(59)19-15-11-9-13-17-21-45(61-55(75)80-57(3,4)5)51(71)67-35-41(31-47(67)49(69)63-59)79-42-32-48-50(70)64-60(54(74)66-83(78)44-29-25-38(2)26-30-44)34-40(60)20-16-12-10-14-18-22-46(52(72)68(48)36-42)62-56(76)81-58(6,7)8/h15-16,19-20,23-30,39-42,45-48H,9-14,17-18,21-22,31-36H2,1-8H3,(H,61,75)(H,62,76)(H,63,69)(H,64,70)(H,65,73)(H,66,74)/b19-15-,20-16-/t39?,40?,41?,42?,45?,46?,47?,48?,59?,60?,82-,83-/m1/s1. The summed E-state index contributed by atoms with van der Waals surface area (Å²) >= 11 is 0. The number of nitrogens with one attached hydrogen (secondary N) is 6. The molecule has 4 heterocycles. The number of ether oxygens (including phenoxy) is 3. The first kappa shape index (κ1) is 62.6. The maximum absolute atomic E-state index is 15.1. The van der Waals surface area contributed by atoms with E-state index in [0.717, 1.165) is 24.0 Å². The van der Waals surface area contributed by atoms with E-state index in [1.165, 1.54) is 9.80 Å². The van der Waals surface area contributed by atoms with Gasteiger partial charge >= 0.3 is 12.2 Å². The van der Waals surface area contributed by atoms with Gasteiger partial charge in [-0.05, 0) is 131 Å². The SMILES string of the molecule is Cc1ccc([S@@](=O)NC(=O)C23CC2/C=C\CCCCCC(NC(=O)OC(C)(C)C)C(=O)N2CC(OC4CC5C(=O)NC6(C(=O)N[S@](=O)c7ccc(C)cc7)CC6/C=C\CCCCCC(NC(=O)OC(C)(C)C)C(=O)N5C4)CC2C(=O)N3)cc1. The smallest absolute Gasteiger partial charge is 0.408 e. The fraction of sp³-hybridized carbons (Fsp3) is 0.600. The lowest BCUT2D eigenvalue weighted by Crippen LogP contribution is -2.58. The van der Waals surface area contributed by atoms with Gasteiger partial charge in [0.05, 0.1) is 22.0 Å². The van der Waals surface area contributed by atoms with Crippen molar-refractivity contribution in [3.8, 4) is 0 Å². The van der Waals surface area contributed by atoms with Crippen LogP contribution in [-0.2, 0) is 64.9 Å². The number of hydrogen-bond donors (Lipinski definition) is 6. The summed E-state index contributed by atoms with van der Waals surface area (Å²) in [5, 5.41) is 11.5. The molecule has 452 valence electrons. The third-order valence-electron chi connectivity index (χ3n) is 15.9. The van der Waals surface area contributed by atoms with Gasteiger partial charge in [-0.2, -0.15) is 0 Å². The van der Waals surface area contributed by atoms with Gasteiger partial charge in [0.15, 0.2) is 22.0 Å². The van der Waals surface area contributed by atoms with Gasteiger partial charge in [0.2, 0.25) is 23.6 Å². The molecule has 23 heteroatoms. The van der Waals surface area contributed by atoms with Gasteiger partial charge in [0.1, 0.15) is 46.4 Å². The Hall–Kier alpha value is -6.46. The van der Waals surface area contributed by atoms with Crippen LogP contribution in [0.2, 0.25) is 0 Å². The molecule has 8 rings (SSSR count). The number of rotatable bonds is 10. The highest BCUT2D eigenvalue weighted by Crippen LogP contribution is 2.47. The lowest BCUT2D eigenvalue weighted by atomic mass is 10.0. The summed E-state index contributed by atoms with van der Waals surface area (Å²) in [7, 11) is -3.95. The van der Waals surface area contributed by atoms with E-state index in [9.17, 15) is 27.6 Å². The van der Waals surface area contributed by atoms with Crippen molar-refractivity contribution in [2.75, 3.05) is 13.1 Å². The normalized spacial score (nSPS) is 30.4. The molecule has 2 saturated carbocycles. The van der Waals surface area contributed by atoms with Crippen LogP contribution in [-0.4, -0.2) is 138 Å². The monoisotopic (exact) mass is 1190 g/mol. The molecule has 12 atom stereocenters. The molecule has 0 aromatic heterocycles. The lowest BCUT2D eigenvalue weighted by molar-refractivity contribution is -0.141. The van der Waals surface area contributed by atoms with Gasteiger partial charge in [-0.25, -0.2) is 18.0 Å². The average Bonchev–Trinajstić information content (AvgIpc) is 1.88. The number of carbonyl (C=O) groups is 8. The molecular weight excluding hydrogens is 1100 g/mol. The summed E-state index contributed by atoms with van der Waals surface area (Å²) in [6, 6.07) is 8.90. The first-order chi connectivity index (χ1) is 39.2. The minimum absolute atomic E-state index is 0.107. The van der Waals surface area contributed by atoms with Crippen molar-refractivity contribution in [3.63, 3.8) is 0 Å². The maximum Gasteiger partial charge on any atom is 0.408 e. The molecule has 10 unspecified atom stereocenters. The van der Waals surface area contributed by atoms with Crippen LogP contribution in [0.3, 0.4) is 0 Å². The van der Waals surface area contributed by atoms with Crippen LogP contribution in [0.5, 0.6) is 0 Å². The molecule has 6 N–H and O–H groups in total. The number of allylic oxidation sites excluding steroid dienone is 2. The van der Waals surface area contributed by atoms with E-state index < -0.39 is 140 Å². The van der Waals surface area contributed by atoms with E-state index in [1.54, 1.807) is 90.1 Å². The molecule has 6 aliphatic rings. The van der Waals surface area contributed by atoms with Crippen molar-refractivity contribution in [2.45, 2.75) is 214 Å². The van der Waals surface area contributed by atoms with Crippen molar-refractivity contribution >= 4 is 69.6 Å². The zero-order valence-electron chi connectivity index (χ0n) is 48.9. The highest BCUT2D eigenvalue weighted by Gasteiger charge is 2.63. The van der Waals surface area contributed by atoms with Gasteiger partial charge in [-0.3, -0.25) is 38.2 Å². The quantitative estimate of drug-likeness (QED) is 0.153. The largest absolute Gasteiger partial charge is 0.444 e. The number of nitrogens with zero attached hydrogens (tertiary/aromatic N) is 2. The third-order valence-corrected chi connectivity index (χ3v) is 18.0. The second kappa shape index (κ2) is 26.2. The van der Waals surface area contributed by atoms with Crippen LogP contribution in [0.25, 0.3) is 0 Å². The van der Waals surface area contributed by atoms with Gasteiger partial charge in [-0.1, -0.05) is 85.4 Å². The number of hydrogen-bond acceptors (Lipinski definition) is 13. The minimum Gasteiger partial charge on any atom is -0.444 e. The number of alkyl carbamates (subject to hydrolysis) is 2. The van der Waals surface area contributed by atoms with E-state index in [4.69, 9.17) is 14.2 Å². The van der Waals surface area contributed by atoms with E-state index >= 15 is 19.2 Å². The Kier molecular flexibility index (Phi) is 19.8. The highest BCUT2D eigenvalue weighted by molar-refractivity contribution is 7.84.